The van der Waals surface area contributed by atoms with Crippen molar-refractivity contribution in [3.63, 3.8) is 0 Å². The number of nitrogens with two attached hydrogens (primary N) is 1. The number of nitrogens with zero attached hydrogens (tertiary/aromatic N) is 1. The largest absolute Gasteiger partial charge is 0.507 e. The van der Waals surface area contributed by atoms with Crippen LogP contribution in [0.4, 0.5) is 10.5 Å². The summed E-state index contributed by atoms with van der Waals surface area (Å²) in [4.78, 5) is 169. The molecular weight excluding hydrogens is 1200 g/mol. The molecular formula is C62H72N6O23. The number of anilines is 1. The number of rotatable bonds is 30. The molecule has 7 rings (SSSR count). The minimum atomic E-state index is -2.44. The fourth-order valence-corrected chi connectivity index (χ4v) is 11.3. The Morgan fingerprint density at radius 3 is 2.15 bits per heavy atom. The topological polar surface area (TPSA) is 458 Å². The van der Waals surface area contributed by atoms with E-state index in [1.807, 2.05) is 0 Å². The third-order valence-electron chi connectivity index (χ3n) is 16.3. The minimum Gasteiger partial charge on any atom is -0.507 e. The summed E-state index contributed by atoms with van der Waals surface area (Å²) in [6.07, 6.45) is -7.01. The maximum Gasteiger partial charge on any atom is 0.407 e. The fourth-order valence-electron chi connectivity index (χ4n) is 11.3. The van der Waals surface area contributed by atoms with Crippen LogP contribution in [-0.2, 0) is 75.2 Å². The maximum atomic E-state index is 14.1. The zero-order valence-corrected chi connectivity index (χ0v) is 50.1. The zero-order valence-electron chi connectivity index (χ0n) is 50.1. The van der Waals surface area contributed by atoms with E-state index in [4.69, 9.17) is 24.7 Å². The third kappa shape index (κ3) is 16.6. The first-order valence-corrected chi connectivity index (χ1v) is 29.3. The highest BCUT2D eigenvalue weighted by Crippen LogP contribution is 2.52. The number of methoxy groups -OCH3 is 1. The molecule has 2 heterocycles. The number of aliphatic hydroxyl groups is 3. The number of benzene rings is 3. The van der Waals surface area contributed by atoms with Crippen LogP contribution >= 0.6 is 0 Å². The van der Waals surface area contributed by atoms with Gasteiger partial charge in [-0.15, -0.1) is 0 Å². The van der Waals surface area contributed by atoms with Crippen molar-refractivity contribution in [2.45, 2.75) is 153 Å². The summed E-state index contributed by atoms with van der Waals surface area (Å²) in [6, 6.07) is 6.33. The van der Waals surface area contributed by atoms with Gasteiger partial charge in [-0.1, -0.05) is 37.6 Å². The van der Waals surface area contributed by atoms with Crippen molar-refractivity contribution in [3.05, 3.63) is 93.6 Å². The Hall–Kier alpha value is -9.29. The molecule has 29 nitrogen and oxygen atoms in total. The van der Waals surface area contributed by atoms with Crippen LogP contribution in [0.3, 0.4) is 0 Å². The minimum absolute atomic E-state index is 0.00347. The molecule has 1 fully saturated rings. The Bertz CT molecular complexity index is 3420. The van der Waals surface area contributed by atoms with Crippen LogP contribution in [0.1, 0.15) is 146 Å². The van der Waals surface area contributed by atoms with E-state index in [2.05, 4.69) is 21.3 Å². The molecule has 29 heteroatoms. The highest BCUT2D eigenvalue weighted by molar-refractivity contribution is 6.31. The lowest BCUT2D eigenvalue weighted by molar-refractivity contribution is -0.249. The molecule has 0 aromatic heterocycles. The third-order valence-corrected chi connectivity index (χ3v) is 16.3. The summed E-state index contributed by atoms with van der Waals surface area (Å²) in [5, 5.41) is 75.7. The second kappa shape index (κ2) is 30.0. The highest BCUT2D eigenvalue weighted by atomic mass is 16.7. The molecule has 91 heavy (non-hydrogen) atoms. The number of carboxylic acid groups (broad SMARTS) is 1. The number of carboxylic acids is 1. The number of hydrogen-bond acceptors (Lipinski definition) is 22. The number of hydrogen-bond donors (Lipinski definition) is 11. The van der Waals surface area contributed by atoms with E-state index in [1.165, 1.54) is 70.3 Å². The fraction of sp³-hybridized carbons (Fsp3) is 0.468. The summed E-state index contributed by atoms with van der Waals surface area (Å²) >= 11 is 0. The van der Waals surface area contributed by atoms with Crippen molar-refractivity contribution in [1.82, 2.24) is 20.9 Å². The monoisotopic (exact) mass is 1270 g/mol. The molecule has 488 valence electrons. The van der Waals surface area contributed by atoms with E-state index >= 15 is 0 Å². The van der Waals surface area contributed by atoms with Gasteiger partial charge < -0.3 is 76.6 Å². The van der Waals surface area contributed by atoms with Crippen LogP contribution in [0.15, 0.2) is 54.6 Å². The number of aromatic hydroxyl groups is 2. The highest BCUT2D eigenvalue weighted by Gasteiger charge is 2.51. The second-order valence-corrected chi connectivity index (χ2v) is 22.9. The van der Waals surface area contributed by atoms with Crippen LogP contribution in [0.5, 0.6) is 17.2 Å². The number of ketones is 5. The molecule has 10 atom stereocenters. The summed E-state index contributed by atoms with van der Waals surface area (Å²) in [7, 11) is 1.27. The predicted molar refractivity (Wildman–Crippen MR) is 312 cm³/mol. The lowest BCUT2D eigenvalue weighted by Crippen LogP contribution is -2.56. The summed E-state index contributed by atoms with van der Waals surface area (Å²) < 4.78 is 22.9. The number of nitrogens with one attached hydrogen (secondary N) is 4. The van der Waals surface area contributed by atoms with Gasteiger partial charge >= 0.3 is 12.1 Å². The Morgan fingerprint density at radius 1 is 0.824 bits per heavy atom. The van der Waals surface area contributed by atoms with Crippen molar-refractivity contribution in [2.75, 3.05) is 25.6 Å². The number of unbranched alkanes of at least 4 members (excludes halogenated alkanes) is 2. The Balaban J connectivity index is 0.904. The van der Waals surface area contributed by atoms with Gasteiger partial charge in [-0.05, 0) is 56.9 Å². The van der Waals surface area contributed by atoms with E-state index in [-0.39, 0.29) is 66.1 Å². The van der Waals surface area contributed by atoms with Gasteiger partial charge in [0.2, 0.25) is 29.4 Å². The van der Waals surface area contributed by atoms with E-state index in [1.54, 1.807) is 0 Å². The van der Waals surface area contributed by atoms with Crippen molar-refractivity contribution >= 4 is 82.1 Å². The second-order valence-electron chi connectivity index (χ2n) is 22.9. The van der Waals surface area contributed by atoms with Crippen molar-refractivity contribution < 1.29 is 112 Å². The predicted octanol–water partition coefficient (Wildman–Crippen LogP) is 1.29. The van der Waals surface area contributed by atoms with Gasteiger partial charge in [-0.25, -0.2) is 4.79 Å². The number of carbonyl (C=O) groups excluding carboxylic acids is 12. The summed E-state index contributed by atoms with van der Waals surface area (Å²) in [5.74, 6) is -13.3. The molecule has 0 spiro atoms. The Morgan fingerprint density at radius 2 is 1.51 bits per heavy atom. The zero-order chi connectivity index (χ0) is 66.8. The number of fused-ring (bicyclic) bond motifs is 3. The summed E-state index contributed by atoms with van der Waals surface area (Å²) in [5.41, 5.74) is 1.43. The van der Waals surface area contributed by atoms with E-state index in [0.717, 1.165) is 17.1 Å². The molecule has 0 bridgehead atoms. The standard InChI is InChI=1S/C62H72N6O23/c1-29(21-40(71)37(16-19-48(77)78)66-45(74)11-6-5-7-20-68-46(75)17-18-47(68)76)59(84)64-30(2)39(70)22-33(23-44(63)73)60(85)65-34-14-12-32(13-15-34)28-89-61(86)67-38-24-49(90-31(3)54(38)79)91-42-26-62(87,43(72)27-69)25-36-51(42)58(83)53-52(56(36)81)55(80)35-9-8-10-41(88-4)50(35)57(53)82/h8-10,12-15,17-18,29-31,33,37-38,42,49,54,69,79,81,83,87H,5-7,11,16,19-28H2,1-4H3,(H2,63,73)(H,64,84)(H,65,85)(H,66,74)(H,67,86)(H,77,78)/t29-,30+,31-,33+,37?,38-,42-,49-,54+,62-/m0/s1. The number of primary amides is 1. The number of phenols is 2. The molecule has 4 aliphatic rings. The first kappa shape index (κ1) is 69.2. The molecule has 3 aromatic rings. The average molecular weight is 1270 g/mol. The Labute approximate surface area is 520 Å². The van der Waals surface area contributed by atoms with Crippen LogP contribution < -0.4 is 31.7 Å². The van der Waals surface area contributed by atoms with E-state index < -0.39 is 204 Å². The number of phenolic OH excluding ortho intramolecular Hbond substituents is 2. The van der Waals surface area contributed by atoms with Gasteiger partial charge in [0.05, 0.1) is 60.1 Å². The molecule has 12 N–H and O–H groups in total. The van der Waals surface area contributed by atoms with Gasteiger partial charge in [-0.2, -0.15) is 0 Å². The average Bonchev–Trinajstić information content (AvgIpc) is 1.61. The van der Waals surface area contributed by atoms with Crippen LogP contribution in [-0.4, -0.2) is 174 Å². The molecule has 7 amide bonds. The van der Waals surface area contributed by atoms with E-state index in [0.29, 0.717) is 24.8 Å². The lowest BCUT2D eigenvalue weighted by atomic mass is 9.72. The van der Waals surface area contributed by atoms with Crippen LogP contribution in [0, 0.1) is 11.8 Å². The van der Waals surface area contributed by atoms with Crippen LogP contribution in [0.25, 0.3) is 0 Å². The number of aliphatic carboxylic acids is 1. The van der Waals surface area contributed by atoms with Crippen molar-refractivity contribution in [2.24, 2.45) is 17.6 Å². The SMILES string of the molecule is COc1cccc2c1C(=O)c1c(O)c3c(c(O)c1C2=O)C[C@@](O)(C(=O)CO)C[C@@H]3O[C@H]1C[C@H](NC(=O)OCc2ccc(NC(=O)[C@@H](CC(N)=O)CC(=O)[C@@H](C)NC(=O)[C@@H](C)CC(=O)C(CCC(=O)O)NC(=O)CCCCCN3C(=O)C=CC3=O)cc2)[C@H](O)[C@H](C)O1. The number of imide groups is 1. The van der Waals surface area contributed by atoms with Gasteiger partial charge in [-0.3, -0.25) is 62.4 Å². The number of alkyl carbamates (subject to hydrolysis) is 1. The first-order chi connectivity index (χ1) is 43.0. The van der Waals surface area contributed by atoms with Gasteiger partial charge in [0, 0.05) is 98.4 Å². The smallest absolute Gasteiger partial charge is 0.407 e. The van der Waals surface area contributed by atoms with Gasteiger partial charge in [0.25, 0.3) is 11.8 Å². The number of ether oxygens (including phenoxy) is 4. The van der Waals surface area contributed by atoms with Gasteiger partial charge in [0.1, 0.15) is 42.2 Å². The van der Waals surface area contributed by atoms with Crippen molar-refractivity contribution in [1.29, 1.82) is 0 Å². The molecule has 3 aromatic carbocycles. The van der Waals surface area contributed by atoms with Crippen LogP contribution in [0.2, 0.25) is 0 Å². The quantitative estimate of drug-likeness (QED) is 0.0199. The molecule has 0 saturated carbocycles. The summed E-state index contributed by atoms with van der Waals surface area (Å²) in [6.45, 7) is 2.80. The Kier molecular flexibility index (Phi) is 22.8. The normalized spacial score (nSPS) is 21.2. The lowest BCUT2D eigenvalue weighted by Gasteiger charge is -2.42. The number of aliphatic hydroxyl groups excluding tert-OH is 2. The first-order valence-electron chi connectivity index (χ1n) is 29.3. The van der Waals surface area contributed by atoms with E-state index in [9.17, 15) is 93.0 Å². The molecule has 2 aliphatic carbocycles. The van der Waals surface area contributed by atoms with Gasteiger partial charge in [0.15, 0.2) is 29.4 Å². The molecule has 1 saturated heterocycles. The molecule has 0 radical (unpaired) electrons. The number of Topliss-reactive ketones (excluding diaryl/α,β-unsaturated/α-hetero) is 3. The number of amides is 7. The molecule has 1 unspecified atom stereocenters. The maximum absolute atomic E-state index is 14.1. The molecule has 2 aliphatic heterocycles. The van der Waals surface area contributed by atoms with Crippen molar-refractivity contribution in [3.8, 4) is 17.2 Å². The number of carbonyl (C=O) groups is 13.